The Kier molecular flexibility index (Phi) is 7.59. The fourth-order valence-corrected chi connectivity index (χ4v) is 2.40. The fourth-order valence-electron chi connectivity index (χ4n) is 2.40. The van der Waals surface area contributed by atoms with Crippen LogP contribution in [0.1, 0.15) is 39.7 Å². The summed E-state index contributed by atoms with van der Waals surface area (Å²) in [6.07, 6.45) is 2.16. The van der Waals surface area contributed by atoms with Gasteiger partial charge in [-0.1, -0.05) is 13.8 Å². The lowest BCUT2D eigenvalue weighted by atomic mass is 10.0. The average molecular weight is 320 g/mol. The van der Waals surface area contributed by atoms with Crippen LogP contribution in [0.15, 0.2) is 23.2 Å². The third-order valence-electron chi connectivity index (χ3n) is 3.70. The Hall–Kier alpha value is -2.04. The highest BCUT2D eigenvalue weighted by atomic mass is 16.5. The Morgan fingerprint density at radius 3 is 2.48 bits per heavy atom. The fraction of sp³-hybridized carbons (Fsp3) is 0.556. The van der Waals surface area contributed by atoms with Crippen LogP contribution in [0.4, 0.5) is 5.69 Å². The molecule has 1 aromatic carbocycles. The second-order valence-corrected chi connectivity index (χ2v) is 5.86. The van der Waals surface area contributed by atoms with Crippen molar-refractivity contribution in [1.29, 1.82) is 0 Å². The van der Waals surface area contributed by atoms with Gasteiger partial charge in [0.2, 0.25) is 0 Å². The molecule has 1 atom stereocenters. The van der Waals surface area contributed by atoms with E-state index < -0.39 is 6.04 Å². The molecule has 0 fully saturated rings. The molecule has 5 nitrogen and oxygen atoms in total. The summed E-state index contributed by atoms with van der Waals surface area (Å²) < 4.78 is 4.79. The van der Waals surface area contributed by atoms with Crippen LogP contribution < -0.4 is 4.90 Å². The maximum Gasteiger partial charge on any atom is 0.330 e. The molecular weight excluding hydrogens is 292 g/mol. The topological polar surface area (TPSA) is 62.1 Å². The standard InChI is InChI=1S/C18H28N2O3/c1-6-20(7-2)15-9-8-14(17(21)11-15)12-19-16(10-13(3)4)18(22)23-5/h8-9,11-13,16,21H,6-7,10H2,1-5H3/t16-/m0/s1. The molecule has 0 spiro atoms. The molecule has 0 unspecified atom stereocenters. The molecule has 5 heteroatoms. The van der Waals surface area contributed by atoms with E-state index in [9.17, 15) is 9.90 Å². The first-order chi connectivity index (χ1) is 10.9. The number of aliphatic imine (C=N–C) groups is 1. The molecule has 1 aromatic rings. The molecule has 0 saturated carbocycles. The second kappa shape index (κ2) is 9.18. The van der Waals surface area contributed by atoms with Gasteiger partial charge < -0.3 is 14.7 Å². The van der Waals surface area contributed by atoms with Crippen LogP contribution >= 0.6 is 0 Å². The molecule has 128 valence electrons. The summed E-state index contributed by atoms with van der Waals surface area (Å²) in [6.45, 7) is 9.96. The Morgan fingerprint density at radius 1 is 1.35 bits per heavy atom. The minimum atomic E-state index is -0.540. The van der Waals surface area contributed by atoms with Crippen molar-refractivity contribution in [2.45, 2.75) is 40.2 Å². The number of aromatic hydroxyl groups is 1. The van der Waals surface area contributed by atoms with Gasteiger partial charge >= 0.3 is 5.97 Å². The van der Waals surface area contributed by atoms with E-state index in [1.165, 1.54) is 7.11 Å². The predicted octanol–water partition coefficient (Wildman–Crippen LogP) is 3.25. The average Bonchev–Trinajstić information content (AvgIpc) is 2.52. The Labute approximate surface area is 139 Å². The summed E-state index contributed by atoms with van der Waals surface area (Å²) in [5.41, 5.74) is 1.56. The number of carbonyl (C=O) groups is 1. The molecule has 0 aliphatic carbocycles. The number of phenolic OH excluding ortho intramolecular Hbond substituents is 1. The summed E-state index contributed by atoms with van der Waals surface area (Å²) in [7, 11) is 1.36. The SMILES string of the molecule is CCN(CC)c1ccc(C=N[C@@H](CC(C)C)C(=O)OC)c(O)c1. The Balaban J connectivity index is 2.95. The zero-order valence-electron chi connectivity index (χ0n) is 14.7. The number of carbonyl (C=O) groups excluding carboxylic acids is 1. The summed E-state index contributed by atoms with van der Waals surface area (Å²) >= 11 is 0. The molecule has 0 radical (unpaired) electrons. The lowest BCUT2D eigenvalue weighted by Gasteiger charge is -2.21. The lowest BCUT2D eigenvalue weighted by molar-refractivity contribution is -0.142. The van der Waals surface area contributed by atoms with Crippen LogP contribution in [0.25, 0.3) is 0 Å². The maximum atomic E-state index is 11.8. The van der Waals surface area contributed by atoms with E-state index in [-0.39, 0.29) is 11.7 Å². The largest absolute Gasteiger partial charge is 0.507 e. The number of nitrogens with zero attached hydrogens (tertiary/aromatic N) is 2. The number of ether oxygens (including phenoxy) is 1. The molecular formula is C18H28N2O3. The molecule has 0 saturated heterocycles. The van der Waals surface area contributed by atoms with Crippen molar-refractivity contribution in [1.82, 2.24) is 0 Å². The number of methoxy groups -OCH3 is 1. The maximum absolute atomic E-state index is 11.8. The minimum absolute atomic E-state index is 0.159. The second-order valence-electron chi connectivity index (χ2n) is 5.86. The van der Waals surface area contributed by atoms with Crippen LogP contribution in [0.2, 0.25) is 0 Å². The highest BCUT2D eigenvalue weighted by molar-refractivity contribution is 5.87. The van der Waals surface area contributed by atoms with Crippen molar-refractivity contribution in [2.24, 2.45) is 10.9 Å². The number of hydrogen-bond acceptors (Lipinski definition) is 5. The van der Waals surface area contributed by atoms with E-state index in [0.29, 0.717) is 17.9 Å². The lowest BCUT2D eigenvalue weighted by Crippen LogP contribution is -2.22. The predicted molar refractivity (Wildman–Crippen MR) is 94.5 cm³/mol. The summed E-state index contributed by atoms with van der Waals surface area (Å²) in [6, 6.07) is 4.95. The summed E-state index contributed by atoms with van der Waals surface area (Å²) in [5, 5.41) is 10.2. The molecule has 0 aliphatic heterocycles. The third kappa shape index (κ3) is 5.58. The van der Waals surface area contributed by atoms with Gasteiger partial charge in [-0.2, -0.15) is 0 Å². The smallest absolute Gasteiger partial charge is 0.330 e. The van der Waals surface area contributed by atoms with Crippen LogP contribution in [-0.2, 0) is 9.53 Å². The van der Waals surface area contributed by atoms with Gasteiger partial charge in [0.05, 0.1) is 7.11 Å². The summed E-state index contributed by atoms with van der Waals surface area (Å²) in [4.78, 5) is 18.2. The van der Waals surface area contributed by atoms with Crippen molar-refractivity contribution in [3.8, 4) is 5.75 Å². The van der Waals surface area contributed by atoms with Gasteiger partial charge in [0.15, 0.2) is 0 Å². The van der Waals surface area contributed by atoms with Gasteiger partial charge in [0, 0.05) is 36.6 Å². The first-order valence-electron chi connectivity index (χ1n) is 8.11. The van der Waals surface area contributed by atoms with Crippen LogP contribution in [0, 0.1) is 5.92 Å². The van der Waals surface area contributed by atoms with E-state index in [0.717, 1.165) is 18.8 Å². The number of phenols is 1. The number of hydrogen-bond donors (Lipinski definition) is 1. The highest BCUT2D eigenvalue weighted by Gasteiger charge is 2.18. The summed E-state index contributed by atoms with van der Waals surface area (Å²) in [5.74, 6) is 0.135. The van der Waals surface area contributed by atoms with Crippen molar-refractivity contribution in [3.63, 3.8) is 0 Å². The van der Waals surface area contributed by atoms with E-state index >= 15 is 0 Å². The van der Waals surface area contributed by atoms with E-state index in [2.05, 4.69) is 23.7 Å². The first kappa shape index (κ1) is 19.0. The highest BCUT2D eigenvalue weighted by Crippen LogP contribution is 2.24. The molecule has 23 heavy (non-hydrogen) atoms. The van der Waals surface area contributed by atoms with Crippen molar-refractivity contribution >= 4 is 17.9 Å². The van der Waals surface area contributed by atoms with Crippen LogP contribution in [-0.4, -0.2) is 43.5 Å². The minimum Gasteiger partial charge on any atom is -0.507 e. The van der Waals surface area contributed by atoms with Crippen molar-refractivity contribution in [2.75, 3.05) is 25.1 Å². The molecule has 0 heterocycles. The van der Waals surface area contributed by atoms with Gasteiger partial charge in [-0.25, -0.2) is 4.79 Å². The number of benzene rings is 1. The van der Waals surface area contributed by atoms with E-state index in [1.807, 2.05) is 26.0 Å². The van der Waals surface area contributed by atoms with Crippen LogP contribution in [0.3, 0.4) is 0 Å². The van der Waals surface area contributed by atoms with Gasteiger partial charge in [0.25, 0.3) is 0 Å². The van der Waals surface area contributed by atoms with Crippen LogP contribution in [0.5, 0.6) is 5.75 Å². The van der Waals surface area contributed by atoms with Gasteiger partial charge in [-0.3, -0.25) is 4.99 Å². The Bertz CT molecular complexity index is 537. The number of rotatable bonds is 8. The first-order valence-corrected chi connectivity index (χ1v) is 8.11. The van der Waals surface area contributed by atoms with Gasteiger partial charge in [0.1, 0.15) is 11.8 Å². The van der Waals surface area contributed by atoms with Gasteiger partial charge in [-0.05, 0) is 38.3 Å². The van der Waals surface area contributed by atoms with Gasteiger partial charge in [-0.15, -0.1) is 0 Å². The van der Waals surface area contributed by atoms with E-state index in [4.69, 9.17) is 4.74 Å². The molecule has 1 rings (SSSR count). The zero-order chi connectivity index (χ0) is 17.4. The molecule has 0 bridgehead atoms. The zero-order valence-corrected chi connectivity index (χ0v) is 14.7. The molecule has 1 N–H and O–H groups in total. The number of esters is 1. The molecule has 0 aromatic heterocycles. The Morgan fingerprint density at radius 2 is 2.00 bits per heavy atom. The van der Waals surface area contributed by atoms with Crippen molar-refractivity contribution in [3.05, 3.63) is 23.8 Å². The molecule has 0 amide bonds. The third-order valence-corrected chi connectivity index (χ3v) is 3.70. The number of anilines is 1. The normalized spacial score (nSPS) is 12.6. The van der Waals surface area contributed by atoms with E-state index in [1.54, 1.807) is 12.3 Å². The van der Waals surface area contributed by atoms with Crippen molar-refractivity contribution < 1.29 is 14.6 Å². The molecule has 0 aliphatic rings. The quantitative estimate of drug-likeness (QED) is 0.590. The monoisotopic (exact) mass is 320 g/mol.